The Labute approximate surface area is 93.5 Å². The topological polar surface area (TPSA) is 61.4 Å². The Hall–Kier alpha value is -1.46. The van der Waals surface area contributed by atoms with Gasteiger partial charge in [-0.1, -0.05) is 12.1 Å². The van der Waals surface area contributed by atoms with E-state index in [1.807, 2.05) is 0 Å². The van der Waals surface area contributed by atoms with Crippen LogP contribution in [0.5, 0.6) is 0 Å². The van der Waals surface area contributed by atoms with Crippen molar-refractivity contribution in [1.82, 2.24) is 5.32 Å². The van der Waals surface area contributed by atoms with E-state index in [4.69, 9.17) is 5.11 Å². The van der Waals surface area contributed by atoms with Crippen molar-refractivity contribution in [3.05, 3.63) is 30.1 Å². The summed E-state index contributed by atoms with van der Waals surface area (Å²) in [5.41, 5.74) is 0.177. The van der Waals surface area contributed by atoms with E-state index in [1.165, 1.54) is 12.1 Å². The summed E-state index contributed by atoms with van der Waals surface area (Å²) in [6.45, 7) is 0.747. The molecule has 4 nitrogen and oxygen atoms in total. The molecule has 0 radical (unpaired) electrons. The van der Waals surface area contributed by atoms with Gasteiger partial charge in [0.1, 0.15) is 5.82 Å². The first-order chi connectivity index (χ1) is 7.74. The van der Waals surface area contributed by atoms with Crippen LogP contribution in [0.3, 0.4) is 0 Å². The summed E-state index contributed by atoms with van der Waals surface area (Å²) in [4.78, 5) is 11.3. The van der Waals surface area contributed by atoms with Gasteiger partial charge in [0, 0.05) is 6.61 Å². The number of amides is 1. The number of nitrogens with one attached hydrogen (secondary N) is 2. The van der Waals surface area contributed by atoms with E-state index < -0.39 is 5.82 Å². The molecule has 1 rings (SSSR count). The maximum atomic E-state index is 13.1. The number of rotatable bonds is 6. The van der Waals surface area contributed by atoms with Crippen LogP contribution in [0, 0.1) is 5.82 Å². The number of carbonyl (C=O) groups is 1. The SMILES string of the molecule is O=C(CNCCCO)Nc1ccccc1F. The normalized spacial score (nSPS) is 10.1. The zero-order valence-electron chi connectivity index (χ0n) is 8.87. The molecule has 0 unspecified atom stereocenters. The van der Waals surface area contributed by atoms with Crippen molar-refractivity contribution in [2.45, 2.75) is 6.42 Å². The minimum Gasteiger partial charge on any atom is -0.396 e. The lowest BCUT2D eigenvalue weighted by Gasteiger charge is -2.06. The number of para-hydroxylation sites is 1. The molecule has 0 atom stereocenters. The van der Waals surface area contributed by atoms with Crippen LogP contribution in [0.4, 0.5) is 10.1 Å². The Morgan fingerprint density at radius 2 is 2.12 bits per heavy atom. The van der Waals surface area contributed by atoms with E-state index in [1.54, 1.807) is 12.1 Å². The number of halogens is 1. The smallest absolute Gasteiger partial charge is 0.238 e. The van der Waals surface area contributed by atoms with Crippen LogP contribution >= 0.6 is 0 Å². The van der Waals surface area contributed by atoms with Crippen molar-refractivity contribution in [3.8, 4) is 0 Å². The van der Waals surface area contributed by atoms with Gasteiger partial charge in [0.25, 0.3) is 0 Å². The highest BCUT2D eigenvalue weighted by Crippen LogP contribution is 2.11. The Kier molecular flexibility index (Phi) is 5.45. The average molecular weight is 226 g/mol. The van der Waals surface area contributed by atoms with E-state index in [-0.39, 0.29) is 24.7 Å². The first-order valence-corrected chi connectivity index (χ1v) is 5.10. The molecule has 1 aromatic rings. The predicted molar refractivity (Wildman–Crippen MR) is 59.6 cm³/mol. The van der Waals surface area contributed by atoms with Crippen LogP contribution in [-0.4, -0.2) is 30.7 Å². The molecule has 1 aromatic carbocycles. The third-order valence-corrected chi connectivity index (χ3v) is 1.95. The van der Waals surface area contributed by atoms with E-state index in [0.29, 0.717) is 13.0 Å². The highest BCUT2D eigenvalue weighted by Gasteiger charge is 2.04. The van der Waals surface area contributed by atoms with Crippen LogP contribution < -0.4 is 10.6 Å². The van der Waals surface area contributed by atoms with Gasteiger partial charge in [-0.2, -0.15) is 0 Å². The van der Waals surface area contributed by atoms with Crippen molar-refractivity contribution >= 4 is 11.6 Å². The van der Waals surface area contributed by atoms with E-state index in [2.05, 4.69) is 10.6 Å². The molecule has 0 aromatic heterocycles. The second kappa shape index (κ2) is 6.92. The number of benzene rings is 1. The number of carbonyl (C=O) groups excluding carboxylic acids is 1. The fraction of sp³-hybridized carbons (Fsp3) is 0.364. The standard InChI is InChI=1S/C11H15FN2O2/c12-9-4-1-2-5-10(9)14-11(16)8-13-6-3-7-15/h1-2,4-5,13,15H,3,6-8H2,(H,14,16). The molecule has 0 fully saturated rings. The molecule has 0 bridgehead atoms. The molecule has 0 heterocycles. The molecule has 88 valence electrons. The zero-order valence-corrected chi connectivity index (χ0v) is 8.87. The lowest BCUT2D eigenvalue weighted by atomic mass is 10.3. The molecule has 0 saturated heterocycles. The third-order valence-electron chi connectivity index (χ3n) is 1.95. The van der Waals surface area contributed by atoms with Crippen molar-refractivity contribution in [2.75, 3.05) is 25.0 Å². The molecular formula is C11H15FN2O2. The van der Waals surface area contributed by atoms with Crippen molar-refractivity contribution in [1.29, 1.82) is 0 Å². The zero-order chi connectivity index (χ0) is 11.8. The number of hydrogen-bond acceptors (Lipinski definition) is 3. The van der Waals surface area contributed by atoms with Crippen LogP contribution in [-0.2, 0) is 4.79 Å². The molecule has 5 heteroatoms. The molecule has 0 saturated carbocycles. The van der Waals surface area contributed by atoms with Gasteiger partial charge >= 0.3 is 0 Å². The summed E-state index contributed by atoms with van der Waals surface area (Å²) in [6, 6.07) is 6.00. The Morgan fingerprint density at radius 1 is 1.38 bits per heavy atom. The lowest BCUT2D eigenvalue weighted by molar-refractivity contribution is -0.115. The van der Waals surface area contributed by atoms with Gasteiger partial charge < -0.3 is 15.7 Å². The predicted octanol–water partition coefficient (Wildman–Crippen LogP) is 0.736. The van der Waals surface area contributed by atoms with Gasteiger partial charge in [-0.15, -0.1) is 0 Å². The third kappa shape index (κ3) is 4.37. The van der Waals surface area contributed by atoms with Crippen LogP contribution in [0.2, 0.25) is 0 Å². The second-order valence-electron chi connectivity index (χ2n) is 3.28. The molecular weight excluding hydrogens is 211 g/mol. The fourth-order valence-corrected chi connectivity index (χ4v) is 1.16. The number of aliphatic hydroxyl groups is 1. The highest BCUT2D eigenvalue weighted by atomic mass is 19.1. The summed E-state index contributed by atoms with van der Waals surface area (Å²) in [5, 5.41) is 13.8. The van der Waals surface area contributed by atoms with Gasteiger partial charge in [-0.25, -0.2) is 4.39 Å². The molecule has 0 spiro atoms. The molecule has 16 heavy (non-hydrogen) atoms. The summed E-state index contributed by atoms with van der Waals surface area (Å²) in [6.07, 6.45) is 0.590. The quantitative estimate of drug-likeness (QED) is 0.627. The van der Waals surface area contributed by atoms with Gasteiger partial charge in [-0.05, 0) is 25.1 Å². The molecule has 0 aliphatic rings. The van der Waals surface area contributed by atoms with Gasteiger partial charge in [0.15, 0.2) is 0 Å². The summed E-state index contributed by atoms with van der Waals surface area (Å²) in [5.74, 6) is -0.755. The minimum atomic E-state index is -0.453. The molecule has 0 aliphatic heterocycles. The summed E-state index contributed by atoms with van der Waals surface area (Å²) >= 11 is 0. The van der Waals surface area contributed by atoms with Crippen LogP contribution in [0.25, 0.3) is 0 Å². The minimum absolute atomic E-state index is 0.0853. The van der Waals surface area contributed by atoms with Gasteiger partial charge in [0.05, 0.1) is 12.2 Å². The summed E-state index contributed by atoms with van der Waals surface area (Å²) < 4.78 is 13.1. The largest absolute Gasteiger partial charge is 0.396 e. The van der Waals surface area contributed by atoms with Crippen LogP contribution in [0.1, 0.15) is 6.42 Å². The maximum Gasteiger partial charge on any atom is 0.238 e. The Bertz CT molecular complexity index is 345. The second-order valence-corrected chi connectivity index (χ2v) is 3.28. The molecule has 1 amide bonds. The summed E-state index contributed by atoms with van der Waals surface area (Å²) in [7, 11) is 0. The first-order valence-electron chi connectivity index (χ1n) is 5.10. The number of hydrogen-bond donors (Lipinski definition) is 3. The number of anilines is 1. The highest BCUT2D eigenvalue weighted by molar-refractivity contribution is 5.92. The van der Waals surface area contributed by atoms with Gasteiger partial charge in [0.2, 0.25) is 5.91 Å². The Morgan fingerprint density at radius 3 is 2.81 bits per heavy atom. The van der Waals surface area contributed by atoms with Crippen molar-refractivity contribution in [2.24, 2.45) is 0 Å². The van der Waals surface area contributed by atoms with Crippen LogP contribution in [0.15, 0.2) is 24.3 Å². The maximum absolute atomic E-state index is 13.1. The fourth-order valence-electron chi connectivity index (χ4n) is 1.16. The van der Waals surface area contributed by atoms with E-state index in [0.717, 1.165) is 0 Å². The number of aliphatic hydroxyl groups excluding tert-OH is 1. The van der Waals surface area contributed by atoms with E-state index in [9.17, 15) is 9.18 Å². The van der Waals surface area contributed by atoms with Gasteiger partial charge in [-0.3, -0.25) is 4.79 Å². The van der Waals surface area contributed by atoms with E-state index >= 15 is 0 Å². The van der Waals surface area contributed by atoms with Crippen molar-refractivity contribution in [3.63, 3.8) is 0 Å². The Balaban J connectivity index is 2.32. The lowest BCUT2D eigenvalue weighted by Crippen LogP contribution is -2.29. The molecule has 0 aliphatic carbocycles. The molecule has 3 N–H and O–H groups in total. The monoisotopic (exact) mass is 226 g/mol. The van der Waals surface area contributed by atoms with Crippen molar-refractivity contribution < 1.29 is 14.3 Å². The first kappa shape index (κ1) is 12.6. The average Bonchev–Trinajstić information content (AvgIpc) is 2.28.